The Bertz CT molecular complexity index is 1110. The van der Waals surface area contributed by atoms with Crippen molar-refractivity contribution in [2.45, 2.75) is 45.6 Å². The van der Waals surface area contributed by atoms with Crippen molar-refractivity contribution >= 4 is 34.9 Å². The number of piperidine rings is 1. The number of nitrogens with zero attached hydrogens (tertiary/aromatic N) is 3. The lowest BCUT2D eigenvalue weighted by molar-refractivity contribution is 0.0928. The van der Waals surface area contributed by atoms with Crippen LogP contribution in [0.25, 0.3) is 5.57 Å². The number of carbonyl (C=O) groups is 1. The highest BCUT2D eigenvalue weighted by atomic mass is 35.5. The van der Waals surface area contributed by atoms with Crippen molar-refractivity contribution in [2.75, 3.05) is 20.2 Å². The number of allylic oxidation sites excluding steroid dienone is 3. The molecule has 1 aromatic heterocycles. The van der Waals surface area contributed by atoms with Gasteiger partial charge >= 0.3 is 6.16 Å². The van der Waals surface area contributed by atoms with Crippen LogP contribution in [0.5, 0.6) is 0 Å². The van der Waals surface area contributed by atoms with Crippen LogP contribution in [0, 0.1) is 0 Å². The van der Waals surface area contributed by atoms with E-state index in [0.717, 1.165) is 24.4 Å². The number of hydrogen-bond acceptors (Lipinski definition) is 8. The molecule has 2 aliphatic heterocycles. The molecule has 2 aliphatic rings. The zero-order valence-electron chi connectivity index (χ0n) is 18.8. The summed E-state index contributed by atoms with van der Waals surface area (Å²) in [5.74, 6) is 0.781. The van der Waals surface area contributed by atoms with Gasteiger partial charge in [-0.2, -0.15) is 4.98 Å². The lowest BCUT2D eigenvalue weighted by Crippen LogP contribution is -2.29. The third-order valence-corrected chi connectivity index (χ3v) is 6.59. The minimum Gasteiger partial charge on any atom is -0.437 e. The van der Waals surface area contributed by atoms with E-state index < -0.39 is 12.1 Å². The molecule has 0 aliphatic carbocycles. The molecule has 4 rings (SSSR count). The van der Waals surface area contributed by atoms with Gasteiger partial charge in [-0.3, -0.25) is 4.90 Å². The molecule has 8 nitrogen and oxygen atoms in total. The molecule has 0 saturated carbocycles. The number of rotatable bonds is 5. The van der Waals surface area contributed by atoms with E-state index in [4.69, 9.17) is 37.2 Å². The average Bonchev–Trinajstić information content (AvgIpc) is 3.25. The smallest absolute Gasteiger partial charge is 0.437 e. The topological polar surface area (TPSA) is 89.7 Å². The zero-order chi connectivity index (χ0) is 23.5. The highest BCUT2D eigenvalue weighted by molar-refractivity contribution is 6.42. The Morgan fingerprint density at radius 2 is 1.94 bits per heavy atom. The highest BCUT2D eigenvalue weighted by Crippen LogP contribution is 2.44. The normalized spacial score (nSPS) is 19.5. The van der Waals surface area contributed by atoms with E-state index in [0.29, 0.717) is 45.3 Å². The second kappa shape index (κ2) is 10.2. The predicted octanol–water partition coefficient (Wildman–Crippen LogP) is 5.49. The minimum atomic E-state index is -0.827. The molecule has 0 amide bonds. The molecule has 1 atom stereocenters. The van der Waals surface area contributed by atoms with Crippen molar-refractivity contribution < 1.29 is 18.8 Å². The fourth-order valence-electron chi connectivity index (χ4n) is 4.28. The van der Waals surface area contributed by atoms with E-state index in [9.17, 15) is 4.79 Å². The Morgan fingerprint density at radius 1 is 1.18 bits per heavy atom. The van der Waals surface area contributed by atoms with Gasteiger partial charge < -0.3 is 19.3 Å². The van der Waals surface area contributed by atoms with Gasteiger partial charge in [-0.25, -0.2) is 4.79 Å². The van der Waals surface area contributed by atoms with E-state index in [-0.39, 0.29) is 0 Å². The maximum atomic E-state index is 12.0. The molecule has 1 N–H and O–H groups in total. The largest absolute Gasteiger partial charge is 0.513 e. The molecule has 1 aromatic carbocycles. The van der Waals surface area contributed by atoms with Crippen molar-refractivity contribution in [2.24, 2.45) is 0 Å². The lowest BCUT2D eigenvalue weighted by atomic mass is 9.85. The van der Waals surface area contributed by atoms with Crippen molar-refractivity contribution in [1.29, 1.82) is 0 Å². The number of hydrogen-bond donors (Lipinski definition) is 1. The second-order valence-electron chi connectivity index (χ2n) is 8.17. The summed E-state index contributed by atoms with van der Waals surface area (Å²) in [5, 5.41) is 8.28. The summed E-state index contributed by atoms with van der Waals surface area (Å²) < 4.78 is 16.0. The number of benzene rings is 1. The first-order chi connectivity index (χ1) is 15.9. The molecule has 0 radical (unpaired) electrons. The standard InChI is InChI=1S/C23H26Cl2N4O4/c1-13-19(22-27-18(28-33-22)12-29-9-5-4-6-10-29)20(15-7-8-16(24)17(25)11-15)21(14(2)26-13)32-23(30)31-3/h7-8,11,20,26H,4-6,9-10,12H2,1-3H3. The van der Waals surface area contributed by atoms with Crippen LogP contribution in [0.15, 0.2) is 39.9 Å². The molecule has 1 unspecified atom stereocenters. The van der Waals surface area contributed by atoms with Gasteiger partial charge in [0.25, 0.3) is 5.89 Å². The predicted molar refractivity (Wildman–Crippen MR) is 125 cm³/mol. The van der Waals surface area contributed by atoms with Crippen LogP contribution < -0.4 is 5.32 Å². The molecule has 3 heterocycles. The molecule has 10 heteroatoms. The summed E-state index contributed by atoms with van der Waals surface area (Å²) in [6, 6.07) is 5.28. The molecule has 33 heavy (non-hydrogen) atoms. The van der Waals surface area contributed by atoms with Crippen LogP contribution in [0.2, 0.25) is 10.0 Å². The number of ether oxygens (including phenoxy) is 2. The van der Waals surface area contributed by atoms with E-state index >= 15 is 0 Å². The average molecular weight is 493 g/mol. The summed E-state index contributed by atoms with van der Waals surface area (Å²) in [6.07, 6.45) is 2.78. The SMILES string of the molecule is COC(=O)OC1=C(C)NC(C)=C(c2nc(CN3CCCCC3)no2)C1c1ccc(Cl)c(Cl)c1. The Balaban J connectivity index is 1.73. The summed E-state index contributed by atoms with van der Waals surface area (Å²) in [5.41, 5.74) is 2.91. The highest BCUT2D eigenvalue weighted by Gasteiger charge is 2.36. The molecular weight excluding hydrogens is 467 g/mol. The molecular formula is C23H26Cl2N4O4. The number of dihydropyridines is 1. The number of likely N-dealkylation sites (tertiary alicyclic amines) is 1. The van der Waals surface area contributed by atoms with E-state index in [1.54, 1.807) is 12.1 Å². The molecule has 176 valence electrons. The van der Waals surface area contributed by atoms with Gasteiger partial charge in [-0.05, 0) is 57.5 Å². The van der Waals surface area contributed by atoms with Gasteiger partial charge in [0.2, 0.25) is 0 Å². The van der Waals surface area contributed by atoms with Crippen LogP contribution in [0.4, 0.5) is 4.79 Å². The first-order valence-electron chi connectivity index (χ1n) is 10.8. The Morgan fingerprint density at radius 3 is 2.64 bits per heavy atom. The van der Waals surface area contributed by atoms with Crippen LogP contribution in [-0.2, 0) is 16.0 Å². The van der Waals surface area contributed by atoms with Crippen LogP contribution in [-0.4, -0.2) is 41.4 Å². The Hall–Kier alpha value is -2.55. The molecule has 1 fully saturated rings. The minimum absolute atomic E-state index is 0.349. The number of carbonyl (C=O) groups excluding carboxylic acids is 1. The third kappa shape index (κ3) is 5.18. The summed E-state index contributed by atoms with van der Waals surface area (Å²) >= 11 is 12.5. The number of halogens is 2. The van der Waals surface area contributed by atoms with Crippen molar-refractivity contribution in [1.82, 2.24) is 20.4 Å². The number of aromatic nitrogens is 2. The Labute approximate surface area is 202 Å². The van der Waals surface area contributed by atoms with Crippen LogP contribution in [0.1, 0.15) is 56.3 Å². The van der Waals surface area contributed by atoms with Crippen molar-refractivity contribution in [3.8, 4) is 0 Å². The zero-order valence-corrected chi connectivity index (χ0v) is 20.3. The number of methoxy groups -OCH3 is 1. The van der Waals surface area contributed by atoms with Gasteiger partial charge in [0.15, 0.2) is 5.82 Å². The van der Waals surface area contributed by atoms with Gasteiger partial charge in [0, 0.05) is 5.70 Å². The van der Waals surface area contributed by atoms with E-state index in [2.05, 4.69) is 20.4 Å². The third-order valence-electron chi connectivity index (χ3n) is 5.85. The summed E-state index contributed by atoms with van der Waals surface area (Å²) in [7, 11) is 1.26. The van der Waals surface area contributed by atoms with Crippen molar-refractivity contribution in [3.05, 3.63) is 62.7 Å². The van der Waals surface area contributed by atoms with Gasteiger partial charge in [0.1, 0.15) is 5.76 Å². The first-order valence-corrected chi connectivity index (χ1v) is 11.6. The monoisotopic (exact) mass is 492 g/mol. The maximum Gasteiger partial charge on any atom is 0.513 e. The maximum absolute atomic E-state index is 12.0. The van der Waals surface area contributed by atoms with E-state index in [1.165, 1.54) is 26.4 Å². The first kappa shape index (κ1) is 23.6. The second-order valence-corrected chi connectivity index (χ2v) is 8.98. The Kier molecular flexibility index (Phi) is 7.26. The summed E-state index contributed by atoms with van der Waals surface area (Å²) in [4.78, 5) is 19.1. The molecule has 2 aromatic rings. The van der Waals surface area contributed by atoms with Crippen LogP contribution in [0.3, 0.4) is 0 Å². The van der Waals surface area contributed by atoms with E-state index in [1.807, 2.05) is 19.9 Å². The number of nitrogens with one attached hydrogen (secondary N) is 1. The van der Waals surface area contributed by atoms with Crippen molar-refractivity contribution in [3.63, 3.8) is 0 Å². The van der Waals surface area contributed by atoms with Gasteiger partial charge in [0.05, 0.1) is 40.9 Å². The fourth-order valence-corrected chi connectivity index (χ4v) is 4.59. The molecule has 0 bridgehead atoms. The fraction of sp³-hybridized carbons (Fsp3) is 0.435. The molecule has 0 spiro atoms. The summed E-state index contributed by atoms with van der Waals surface area (Å²) in [6.45, 7) is 6.41. The quantitative estimate of drug-likeness (QED) is 0.547. The van der Waals surface area contributed by atoms with Crippen LogP contribution >= 0.6 is 23.2 Å². The van der Waals surface area contributed by atoms with Gasteiger partial charge in [-0.1, -0.05) is 40.8 Å². The lowest BCUT2D eigenvalue weighted by Gasteiger charge is -2.30. The molecule has 1 saturated heterocycles. The van der Waals surface area contributed by atoms with Gasteiger partial charge in [-0.15, -0.1) is 0 Å².